The van der Waals surface area contributed by atoms with Crippen molar-refractivity contribution in [2.75, 3.05) is 6.54 Å². The molecule has 2 unspecified atom stereocenters. The van der Waals surface area contributed by atoms with Gasteiger partial charge in [-0.1, -0.05) is 12.1 Å². The molecule has 2 heterocycles. The number of carbonyl (C=O) groups is 2. The van der Waals surface area contributed by atoms with E-state index in [0.29, 0.717) is 19.4 Å². The molecular weight excluding hydrogens is 356 g/mol. The van der Waals surface area contributed by atoms with Crippen LogP contribution in [0.5, 0.6) is 5.75 Å². The van der Waals surface area contributed by atoms with Crippen molar-refractivity contribution >= 4 is 11.8 Å². The lowest BCUT2D eigenvalue weighted by atomic mass is 10.0. The Bertz CT molecular complexity index is 890. The van der Waals surface area contributed by atoms with Crippen LogP contribution in [-0.2, 0) is 18.3 Å². The molecule has 1 saturated heterocycles. The summed E-state index contributed by atoms with van der Waals surface area (Å²) in [5, 5.41) is 17.5. The van der Waals surface area contributed by atoms with Crippen molar-refractivity contribution in [2.24, 2.45) is 7.05 Å². The SMILES string of the molecule is Cc1nn(C)c(C)c1CC(C)NC(=O)C1CCCN1C(=O)c1ccccc1O. The lowest BCUT2D eigenvalue weighted by Crippen LogP contribution is -2.48. The maximum atomic E-state index is 12.9. The van der Waals surface area contributed by atoms with E-state index in [2.05, 4.69) is 10.4 Å². The Morgan fingerprint density at radius 1 is 1.32 bits per heavy atom. The van der Waals surface area contributed by atoms with Gasteiger partial charge in [0.2, 0.25) is 5.91 Å². The van der Waals surface area contributed by atoms with E-state index in [4.69, 9.17) is 0 Å². The van der Waals surface area contributed by atoms with E-state index in [1.54, 1.807) is 23.1 Å². The number of rotatable bonds is 5. The first-order valence-corrected chi connectivity index (χ1v) is 9.68. The summed E-state index contributed by atoms with van der Waals surface area (Å²) in [4.78, 5) is 27.3. The zero-order chi connectivity index (χ0) is 20.4. The van der Waals surface area contributed by atoms with Crippen LogP contribution in [0, 0.1) is 13.8 Å². The monoisotopic (exact) mass is 384 g/mol. The lowest BCUT2D eigenvalue weighted by molar-refractivity contribution is -0.125. The summed E-state index contributed by atoms with van der Waals surface area (Å²) >= 11 is 0. The van der Waals surface area contributed by atoms with Crippen molar-refractivity contribution in [3.63, 3.8) is 0 Å². The molecule has 28 heavy (non-hydrogen) atoms. The summed E-state index contributed by atoms with van der Waals surface area (Å²) in [6.45, 7) is 6.47. The standard InChI is InChI=1S/C21H28N4O3/c1-13(12-17-14(2)23-24(4)15(17)3)22-20(27)18-9-7-11-25(18)21(28)16-8-5-6-10-19(16)26/h5-6,8,10,13,18,26H,7,9,11-12H2,1-4H3,(H,22,27). The maximum Gasteiger partial charge on any atom is 0.258 e. The number of aromatic hydroxyl groups is 1. The number of phenols is 1. The van der Waals surface area contributed by atoms with Gasteiger partial charge in [-0.2, -0.15) is 5.10 Å². The molecule has 150 valence electrons. The van der Waals surface area contributed by atoms with Crippen molar-refractivity contribution < 1.29 is 14.7 Å². The highest BCUT2D eigenvalue weighted by Gasteiger charge is 2.35. The largest absolute Gasteiger partial charge is 0.507 e. The van der Waals surface area contributed by atoms with Crippen LogP contribution in [0.4, 0.5) is 0 Å². The molecule has 1 aliphatic rings. The lowest BCUT2D eigenvalue weighted by Gasteiger charge is -2.26. The zero-order valence-electron chi connectivity index (χ0n) is 16.9. The molecule has 0 spiro atoms. The molecule has 3 rings (SSSR count). The molecule has 7 nitrogen and oxygen atoms in total. The molecule has 2 aromatic rings. The smallest absolute Gasteiger partial charge is 0.258 e. The van der Waals surface area contributed by atoms with Gasteiger partial charge < -0.3 is 15.3 Å². The highest BCUT2D eigenvalue weighted by molar-refractivity contribution is 5.99. The minimum Gasteiger partial charge on any atom is -0.507 e. The number of nitrogens with one attached hydrogen (secondary N) is 1. The molecule has 0 radical (unpaired) electrons. The van der Waals surface area contributed by atoms with Gasteiger partial charge in [0.1, 0.15) is 11.8 Å². The fraction of sp³-hybridized carbons (Fsp3) is 0.476. The zero-order valence-corrected chi connectivity index (χ0v) is 16.9. The molecule has 7 heteroatoms. The predicted octanol–water partition coefficient (Wildman–Crippen LogP) is 2.09. The van der Waals surface area contributed by atoms with Gasteiger partial charge in [0.15, 0.2) is 0 Å². The van der Waals surface area contributed by atoms with E-state index in [-0.39, 0.29) is 29.2 Å². The van der Waals surface area contributed by atoms with Crippen LogP contribution in [-0.4, -0.2) is 50.2 Å². The Labute approximate surface area is 165 Å². The van der Waals surface area contributed by atoms with Gasteiger partial charge in [-0.05, 0) is 57.7 Å². The Hall–Kier alpha value is -2.83. The fourth-order valence-corrected chi connectivity index (χ4v) is 3.90. The number of amides is 2. The minimum atomic E-state index is -0.509. The third-order valence-electron chi connectivity index (χ3n) is 5.51. The van der Waals surface area contributed by atoms with E-state index in [9.17, 15) is 14.7 Å². The topological polar surface area (TPSA) is 87.5 Å². The number of aryl methyl sites for hydroxylation is 2. The van der Waals surface area contributed by atoms with Gasteiger partial charge in [-0.25, -0.2) is 0 Å². The first-order chi connectivity index (χ1) is 13.3. The summed E-state index contributed by atoms with van der Waals surface area (Å²) in [5.41, 5.74) is 3.44. The summed E-state index contributed by atoms with van der Waals surface area (Å²) in [5.74, 6) is -0.509. The molecule has 2 atom stereocenters. The Kier molecular flexibility index (Phi) is 5.72. The number of benzene rings is 1. The number of hydrogen-bond acceptors (Lipinski definition) is 4. The number of likely N-dealkylation sites (tertiary alicyclic amines) is 1. The number of aromatic nitrogens is 2. The van der Waals surface area contributed by atoms with Gasteiger partial charge in [0.25, 0.3) is 5.91 Å². The fourth-order valence-electron chi connectivity index (χ4n) is 3.90. The van der Waals surface area contributed by atoms with Crippen molar-refractivity contribution in [3.05, 3.63) is 46.8 Å². The maximum absolute atomic E-state index is 12.9. The highest BCUT2D eigenvalue weighted by Crippen LogP contribution is 2.24. The molecule has 0 aliphatic carbocycles. The van der Waals surface area contributed by atoms with Crippen molar-refractivity contribution in [2.45, 2.75) is 52.1 Å². The molecule has 0 bridgehead atoms. The molecule has 2 N–H and O–H groups in total. The van der Waals surface area contributed by atoms with Crippen LogP contribution in [0.25, 0.3) is 0 Å². The molecule has 1 aromatic carbocycles. The third kappa shape index (κ3) is 3.88. The molecular formula is C21H28N4O3. The summed E-state index contributed by atoms with van der Waals surface area (Å²) < 4.78 is 1.85. The quantitative estimate of drug-likeness (QED) is 0.826. The summed E-state index contributed by atoms with van der Waals surface area (Å²) in [6.07, 6.45) is 2.09. The van der Waals surface area contributed by atoms with E-state index >= 15 is 0 Å². The second-order valence-corrected chi connectivity index (χ2v) is 7.56. The first kappa shape index (κ1) is 19.9. The second kappa shape index (κ2) is 8.04. The van der Waals surface area contributed by atoms with Crippen LogP contribution in [0.3, 0.4) is 0 Å². The number of para-hydroxylation sites is 1. The number of nitrogens with zero attached hydrogens (tertiary/aromatic N) is 3. The minimum absolute atomic E-state index is 0.0607. The van der Waals surface area contributed by atoms with Crippen LogP contribution in [0.15, 0.2) is 24.3 Å². The normalized spacial score (nSPS) is 17.6. The van der Waals surface area contributed by atoms with Gasteiger partial charge in [0, 0.05) is 25.3 Å². The van der Waals surface area contributed by atoms with Gasteiger partial charge in [-0.3, -0.25) is 14.3 Å². The Morgan fingerprint density at radius 2 is 2.04 bits per heavy atom. The average Bonchev–Trinajstić information content (AvgIpc) is 3.23. The van der Waals surface area contributed by atoms with Crippen LogP contribution < -0.4 is 5.32 Å². The molecule has 2 amide bonds. The van der Waals surface area contributed by atoms with E-state index in [1.165, 1.54) is 6.07 Å². The van der Waals surface area contributed by atoms with E-state index in [0.717, 1.165) is 23.4 Å². The Balaban J connectivity index is 1.67. The second-order valence-electron chi connectivity index (χ2n) is 7.56. The van der Waals surface area contributed by atoms with Gasteiger partial charge in [-0.15, -0.1) is 0 Å². The van der Waals surface area contributed by atoms with Crippen molar-refractivity contribution in [3.8, 4) is 5.75 Å². The molecule has 1 aromatic heterocycles. The van der Waals surface area contributed by atoms with Gasteiger partial charge >= 0.3 is 0 Å². The third-order valence-corrected chi connectivity index (χ3v) is 5.51. The Morgan fingerprint density at radius 3 is 2.68 bits per heavy atom. The van der Waals surface area contributed by atoms with Crippen LogP contribution in [0.1, 0.15) is 47.1 Å². The predicted molar refractivity (Wildman–Crippen MR) is 106 cm³/mol. The first-order valence-electron chi connectivity index (χ1n) is 9.68. The van der Waals surface area contributed by atoms with Gasteiger partial charge in [0.05, 0.1) is 11.3 Å². The summed E-state index contributed by atoms with van der Waals surface area (Å²) in [6, 6.07) is 5.87. The van der Waals surface area contributed by atoms with Crippen LogP contribution in [0.2, 0.25) is 0 Å². The van der Waals surface area contributed by atoms with Crippen LogP contribution >= 0.6 is 0 Å². The number of phenolic OH excluding ortho intramolecular Hbond substituents is 1. The molecule has 1 fully saturated rings. The van der Waals surface area contributed by atoms with Crippen molar-refractivity contribution in [1.29, 1.82) is 0 Å². The number of hydrogen-bond donors (Lipinski definition) is 2. The van der Waals surface area contributed by atoms with E-state index < -0.39 is 6.04 Å². The van der Waals surface area contributed by atoms with E-state index in [1.807, 2.05) is 32.5 Å². The molecule has 1 aliphatic heterocycles. The van der Waals surface area contributed by atoms with Crippen molar-refractivity contribution in [1.82, 2.24) is 20.0 Å². The highest BCUT2D eigenvalue weighted by atomic mass is 16.3. The molecule has 0 saturated carbocycles. The average molecular weight is 384 g/mol. The summed E-state index contributed by atoms with van der Waals surface area (Å²) in [7, 11) is 1.91. The number of carbonyl (C=O) groups excluding carboxylic acids is 2.